The monoisotopic (exact) mass is 294 g/mol. The van der Waals surface area contributed by atoms with E-state index in [2.05, 4.69) is 5.32 Å². The number of nitrogens with two attached hydrogens (primary N) is 1. The Bertz CT molecular complexity index is 498. The zero-order chi connectivity index (χ0) is 15.8. The van der Waals surface area contributed by atoms with E-state index in [-0.39, 0.29) is 24.1 Å². The lowest BCUT2D eigenvalue weighted by Crippen LogP contribution is -2.36. The lowest BCUT2D eigenvalue weighted by Gasteiger charge is -2.14. The summed E-state index contributed by atoms with van der Waals surface area (Å²) in [5, 5.41) is 2.79. The fourth-order valence-corrected chi connectivity index (χ4v) is 1.83. The molecule has 0 fully saturated rings. The van der Waals surface area contributed by atoms with Gasteiger partial charge in [-0.3, -0.25) is 4.79 Å². The van der Waals surface area contributed by atoms with Crippen molar-refractivity contribution in [3.63, 3.8) is 0 Å². The number of rotatable bonds is 7. The summed E-state index contributed by atoms with van der Waals surface area (Å²) in [6.45, 7) is 3.66. The molecule has 1 rings (SSSR count). The Balaban J connectivity index is 2.57. The van der Waals surface area contributed by atoms with Crippen LogP contribution in [0.2, 0.25) is 0 Å². The van der Waals surface area contributed by atoms with Crippen molar-refractivity contribution in [2.24, 2.45) is 0 Å². The molecule has 3 N–H and O–H groups in total. The third-order valence-electron chi connectivity index (χ3n) is 3.09. The maximum absolute atomic E-state index is 11.9. The van der Waals surface area contributed by atoms with Gasteiger partial charge in [0.25, 0.3) is 5.91 Å². The van der Waals surface area contributed by atoms with Crippen molar-refractivity contribution in [3.8, 4) is 5.75 Å². The molecule has 0 aliphatic carbocycles. The summed E-state index contributed by atoms with van der Waals surface area (Å²) in [7, 11) is 1.48. The molecular weight excluding hydrogens is 272 g/mol. The van der Waals surface area contributed by atoms with Crippen LogP contribution in [0.15, 0.2) is 18.2 Å². The van der Waals surface area contributed by atoms with Gasteiger partial charge in [0.1, 0.15) is 5.75 Å². The van der Waals surface area contributed by atoms with E-state index in [1.807, 2.05) is 13.8 Å². The molecule has 1 aromatic carbocycles. The number of benzene rings is 1. The standard InChI is InChI=1S/C15H22N2O4/c1-4-12(5-2)17-14(18)9-21-15(19)10-6-11(16)8-13(7-10)20-3/h6-8,12H,4-5,9,16H2,1-3H3,(H,17,18). The predicted molar refractivity (Wildman–Crippen MR) is 80.2 cm³/mol. The van der Waals surface area contributed by atoms with E-state index in [1.54, 1.807) is 6.07 Å². The van der Waals surface area contributed by atoms with Gasteiger partial charge in [-0.1, -0.05) is 13.8 Å². The van der Waals surface area contributed by atoms with Crippen molar-refractivity contribution < 1.29 is 19.1 Å². The summed E-state index contributed by atoms with van der Waals surface area (Å²) in [6, 6.07) is 4.68. The van der Waals surface area contributed by atoms with Crippen LogP contribution in [0.25, 0.3) is 0 Å². The molecule has 0 radical (unpaired) electrons. The minimum atomic E-state index is -0.611. The Labute approximate surface area is 124 Å². The first-order chi connectivity index (χ1) is 9.99. The Morgan fingerprint density at radius 3 is 2.48 bits per heavy atom. The van der Waals surface area contributed by atoms with Gasteiger partial charge < -0.3 is 20.5 Å². The second-order valence-corrected chi connectivity index (χ2v) is 4.65. The Morgan fingerprint density at radius 2 is 1.90 bits per heavy atom. The number of amides is 1. The number of esters is 1. The molecule has 0 saturated carbocycles. The van der Waals surface area contributed by atoms with E-state index in [1.165, 1.54) is 19.2 Å². The molecule has 21 heavy (non-hydrogen) atoms. The first-order valence-electron chi connectivity index (χ1n) is 6.91. The number of carbonyl (C=O) groups excluding carboxylic acids is 2. The highest BCUT2D eigenvalue weighted by atomic mass is 16.5. The summed E-state index contributed by atoms with van der Waals surface area (Å²) >= 11 is 0. The average molecular weight is 294 g/mol. The van der Waals surface area contributed by atoms with E-state index in [9.17, 15) is 9.59 Å². The van der Waals surface area contributed by atoms with Crippen LogP contribution >= 0.6 is 0 Å². The van der Waals surface area contributed by atoms with Gasteiger partial charge in [-0.15, -0.1) is 0 Å². The molecule has 0 atom stereocenters. The highest BCUT2D eigenvalue weighted by Crippen LogP contribution is 2.19. The van der Waals surface area contributed by atoms with Gasteiger partial charge >= 0.3 is 5.97 Å². The minimum Gasteiger partial charge on any atom is -0.497 e. The van der Waals surface area contributed by atoms with Gasteiger partial charge in [0.15, 0.2) is 6.61 Å². The maximum atomic E-state index is 11.9. The van der Waals surface area contributed by atoms with Crippen LogP contribution in [0.3, 0.4) is 0 Å². The molecule has 6 nitrogen and oxygen atoms in total. The van der Waals surface area contributed by atoms with Crippen molar-refractivity contribution >= 4 is 17.6 Å². The molecule has 0 saturated heterocycles. The number of anilines is 1. The number of methoxy groups -OCH3 is 1. The summed E-state index contributed by atoms with van der Waals surface area (Å²) in [4.78, 5) is 23.5. The number of nitrogen functional groups attached to an aromatic ring is 1. The second-order valence-electron chi connectivity index (χ2n) is 4.65. The molecule has 116 valence electrons. The molecular formula is C15H22N2O4. The first kappa shape index (κ1) is 16.8. The topological polar surface area (TPSA) is 90.7 Å². The summed E-state index contributed by atoms with van der Waals surface area (Å²) in [6.07, 6.45) is 1.67. The van der Waals surface area contributed by atoms with Gasteiger partial charge in [0.05, 0.1) is 12.7 Å². The average Bonchev–Trinajstić information content (AvgIpc) is 2.49. The van der Waals surface area contributed by atoms with Gasteiger partial charge in [-0.25, -0.2) is 4.79 Å². The molecule has 1 aromatic rings. The molecule has 0 aliphatic heterocycles. The van der Waals surface area contributed by atoms with E-state index in [0.717, 1.165) is 12.8 Å². The number of hydrogen-bond donors (Lipinski definition) is 2. The molecule has 6 heteroatoms. The van der Waals surface area contributed by atoms with Crippen molar-refractivity contribution in [2.75, 3.05) is 19.5 Å². The molecule has 0 spiro atoms. The normalized spacial score (nSPS) is 10.3. The van der Waals surface area contributed by atoms with Crippen molar-refractivity contribution in [3.05, 3.63) is 23.8 Å². The van der Waals surface area contributed by atoms with Gasteiger partial charge in [0.2, 0.25) is 0 Å². The quantitative estimate of drug-likeness (QED) is 0.590. The SMILES string of the molecule is CCC(CC)NC(=O)COC(=O)c1cc(N)cc(OC)c1. The largest absolute Gasteiger partial charge is 0.497 e. The molecule has 1 amide bonds. The van der Waals surface area contributed by atoms with Crippen molar-refractivity contribution in [2.45, 2.75) is 32.7 Å². The summed E-state index contributed by atoms with van der Waals surface area (Å²) in [5.41, 5.74) is 6.31. The third kappa shape index (κ3) is 5.33. The highest BCUT2D eigenvalue weighted by molar-refractivity contribution is 5.92. The zero-order valence-corrected chi connectivity index (χ0v) is 12.6. The lowest BCUT2D eigenvalue weighted by atomic mass is 10.2. The van der Waals surface area contributed by atoms with Crippen LogP contribution in [0.1, 0.15) is 37.0 Å². The Hall–Kier alpha value is -2.24. The number of ether oxygens (including phenoxy) is 2. The Kier molecular flexibility index (Phi) is 6.52. The van der Waals surface area contributed by atoms with Crippen LogP contribution < -0.4 is 15.8 Å². The fourth-order valence-electron chi connectivity index (χ4n) is 1.83. The third-order valence-corrected chi connectivity index (χ3v) is 3.09. The van der Waals surface area contributed by atoms with Crippen LogP contribution in [0.5, 0.6) is 5.75 Å². The lowest BCUT2D eigenvalue weighted by molar-refractivity contribution is -0.125. The first-order valence-corrected chi connectivity index (χ1v) is 6.91. The molecule has 0 unspecified atom stereocenters. The van der Waals surface area contributed by atoms with E-state index >= 15 is 0 Å². The fraction of sp³-hybridized carbons (Fsp3) is 0.467. The smallest absolute Gasteiger partial charge is 0.338 e. The number of hydrogen-bond acceptors (Lipinski definition) is 5. The molecule has 0 heterocycles. The van der Waals surface area contributed by atoms with Crippen LogP contribution in [-0.2, 0) is 9.53 Å². The van der Waals surface area contributed by atoms with Gasteiger partial charge in [-0.05, 0) is 25.0 Å². The second kappa shape index (κ2) is 8.14. The molecule has 0 aliphatic rings. The molecule has 0 aromatic heterocycles. The van der Waals surface area contributed by atoms with Crippen molar-refractivity contribution in [1.29, 1.82) is 0 Å². The molecule has 0 bridgehead atoms. The van der Waals surface area contributed by atoms with E-state index < -0.39 is 5.97 Å². The maximum Gasteiger partial charge on any atom is 0.338 e. The minimum absolute atomic E-state index is 0.101. The van der Waals surface area contributed by atoms with Crippen LogP contribution in [0, 0.1) is 0 Å². The predicted octanol–water partition coefficient (Wildman–Crippen LogP) is 1.74. The van der Waals surface area contributed by atoms with Gasteiger partial charge in [-0.2, -0.15) is 0 Å². The Morgan fingerprint density at radius 1 is 1.24 bits per heavy atom. The number of nitrogens with one attached hydrogen (secondary N) is 1. The van der Waals surface area contributed by atoms with Crippen LogP contribution in [-0.4, -0.2) is 31.6 Å². The zero-order valence-electron chi connectivity index (χ0n) is 12.6. The summed E-state index contributed by atoms with van der Waals surface area (Å²) in [5.74, 6) is -0.461. The van der Waals surface area contributed by atoms with E-state index in [4.69, 9.17) is 15.2 Å². The van der Waals surface area contributed by atoms with E-state index in [0.29, 0.717) is 11.4 Å². The van der Waals surface area contributed by atoms with Gasteiger partial charge in [0, 0.05) is 17.8 Å². The highest BCUT2D eigenvalue weighted by Gasteiger charge is 2.14. The number of carbonyl (C=O) groups is 2. The van der Waals surface area contributed by atoms with Crippen molar-refractivity contribution in [1.82, 2.24) is 5.32 Å². The van der Waals surface area contributed by atoms with Crippen LogP contribution in [0.4, 0.5) is 5.69 Å². The summed E-state index contributed by atoms with van der Waals surface area (Å²) < 4.78 is 10.00.